The smallest absolute Gasteiger partial charge is 0.223 e. The molecule has 2 aliphatic rings. The lowest BCUT2D eigenvalue weighted by Crippen LogP contribution is -2.51. The second-order valence-corrected chi connectivity index (χ2v) is 10.7. The molecule has 0 bridgehead atoms. The van der Waals surface area contributed by atoms with Crippen LogP contribution in [0.15, 0.2) is 24.7 Å². The highest BCUT2D eigenvalue weighted by atomic mass is 35.5. The molecule has 0 radical (unpaired) electrons. The standard InChI is InChI=1S/C20H22ClFN6O3S/c1-32(30,31)27-5-4-15(17(29)9-27)25-20-23-8-13(21)18(26-20)11-6-14(22)19-16(7-11)28(10-24-19)12-2-3-12/h6-8,10,12,15,17,29H,2-5,9H2,1H3,(H,23,25,26)/t15-,17-/m1/s1. The van der Waals surface area contributed by atoms with Crippen molar-refractivity contribution in [2.45, 2.75) is 37.5 Å². The summed E-state index contributed by atoms with van der Waals surface area (Å²) in [5.74, 6) is -0.234. The lowest BCUT2D eigenvalue weighted by molar-refractivity contribution is 0.0950. The molecule has 32 heavy (non-hydrogen) atoms. The number of hydrogen-bond donors (Lipinski definition) is 2. The molecule has 3 heterocycles. The maximum Gasteiger partial charge on any atom is 0.223 e. The van der Waals surface area contributed by atoms with Gasteiger partial charge in [0, 0.05) is 24.7 Å². The molecule has 1 aliphatic carbocycles. The normalized spacial score (nSPS) is 22.4. The SMILES string of the molecule is CS(=O)(=O)N1CC[C@@H](Nc2ncc(Cl)c(-c3cc(F)c4ncn(C5CC5)c4c3)n2)[C@H](O)C1. The van der Waals surface area contributed by atoms with Crippen LogP contribution in [0.1, 0.15) is 25.3 Å². The number of sulfonamides is 1. The van der Waals surface area contributed by atoms with E-state index in [0.29, 0.717) is 34.8 Å². The molecular weight excluding hydrogens is 459 g/mol. The molecule has 0 unspecified atom stereocenters. The van der Waals surface area contributed by atoms with Crippen LogP contribution in [-0.2, 0) is 10.0 Å². The molecule has 0 amide bonds. The Bertz CT molecular complexity index is 1300. The van der Waals surface area contributed by atoms with Crippen LogP contribution in [-0.4, -0.2) is 68.8 Å². The van der Waals surface area contributed by atoms with Crippen molar-refractivity contribution in [1.29, 1.82) is 0 Å². The molecule has 2 aromatic heterocycles. The van der Waals surface area contributed by atoms with Gasteiger partial charge in [-0.25, -0.2) is 27.8 Å². The third-order valence-electron chi connectivity index (χ3n) is 5.92. The molecule has 2 fully saturated rings. The van der Waals surface area contributed by atoms with E-state index in [1.807, 2.05) is 10.6 Å². The van der Waals surface area contributed by atoms with Crippen LogP contribution in [0, 0.1) is 5.82 Å². The van der Waals surface area contributed by atoms with Crippen LogP contribution in [0.4, 0.5) is 10.3 Å². The van der Waals surface area contributed by atoms with Crippen molar-refractivity contribution in [1.82, 2.24) is 23.8 Å². The highest BCUT2D eigenvalue weighted by Crippen LogP contribution is 2.39. The number of piperidine rings is 1. The summed E-state index contributed by atoms with van der Waals surface area (Å²) < 4.78 is 41.4. The zero-order chi connectivity index (χ0) is 22.6. The fourth-order valence-corrected chi connectivity index (χ4v) is 5.11. The van der Waals surface area contributed by atoms with E-state index in [1.165, 1.54) is 16.6 Å². The van der Waals surface area contributed by atoms with Crippen LogP contribution >= 0.6 is 11.6 Å². The van der Waals surface area contributed by atoms with Gasteiger partial charge in [0.05, 0.1) is 47.2 Å². The predicted octanol–water partition coefficient (Wildman–Crippen LogP) is 2.43. The molecular formula is C20H22ClFN6O3S. The zero-order valence-electron chi connectivity index (χ0n) is 17.2. The fourth-order valence-electron chi connectivity index (χ4n) is 4.05. The molecule has 12 heteroatoms. The van der Waals surface area contributed by atoms with Gasteiger partial charge < -0.3 is 15.0 Å². The van der Waals surface area contributed by atoms with E-state index >= 15 is 0 Å². The number of nitrogens with one attached hydrogen (secondary N) is 1. The van der Waals surface area contributed by atoms with Gasteiger partial charge in [0.2, 0.25) is 16.0 Å². The Morgan fingerprint density at radius 3 is 2.72 bits per heavy atom. The van der Waals surface area contributed by atoms with Crippen LogP contribution in [0.25, 0.3) is 22.3 Å². The number of benzene rings is 1. The van der Waals surface area contributed by atoms with Crippen molar-refractivity contribution < 1.29 is 17.9 Å². The molecule has 9 nitrogen and oxygen atoms in total. The Hall–Kier alpha value is -2.34. The fraction of sp³-hybridized carbons (Fsp3) is 0.450. The largest absolute Gasteiger partial charge is 0.390 e. The van der Waals surface area contributed by atoms with Gasteiger partial charge in [0.1, 0.15) is 5.52 Å². The van der Waals surface area contributed by atoms with E-state index in [2.05, 4.69) is 20.3 Å². The summed E-state index contributed by atoms with van der Waals surface area (Å²) in [5, 5.41) is 13.7. The van der Waals surface area contributed by atoms with Gasteiger partial charge in [-0.2, -0.15) is 4.31 Å². The Labute approximate surface area is 189 Å². The summed E-state index contributed by atoms with van der Waals surface area (Å²) in [5.41, 5.74) is 1.86. The number of aliphatic hydroxyl groups excluding tert-OH is 1. The van der Waals surface area contributed by atoms with Gasteiger partial charge >= 0.3 is 0 Å². The van der Waals surface area contributed by atoms with Crippen molar-refractivity contribution >= 4 is 38.6 Å². The number of nitrogens with zero attached hydrogens (tertiary/aromatic N) is 5. The van der Waals surface area contributed by atoms with Crippen molar-refractivity contribution in [2.75, 3.05) is 24.7 Å². The van der Waals surface area contributed by atoms with Crippen LogP contribution in [0.3, 0.4) is 0 Å². The number of aromatic nitrogens is 4. The zero-order valence-corrected chi connectivity index (χ0v) is 18.8. The van der Waals surface area contributed by atoms with E-state index in [-0.39, 0.29) is 24.1 Å². The lowest BCUT2D eigenvalue weighted by Gasteiger charge is -2.34. The predicted molar refractivity (Wildman–Crippen MR) is 118 cm³/mol. The molecule has 1 saturated carbocycles. The van der Waals surface area contributed by atoms with Gasteiger partial charge in [0.25, 0.3) is 0 Å². The minimum absolute atomic E-state index is 0.00994. The van der Waals surface area contributed by atoms with Crippen molar-refractivity contribution in [2.24, 2.45) is 0 Å². The first-order valence-corrected chi connectivity index (χ1v) is 12.5. The number of β-amino-alcohol motifs (C(OH)–C–C–N with tert-alkyl or cyclic N) is 1. The third kappa shape index (κ3) is 4.05. The Balaban J connectivity index is 1.43. The van der Waals surface area contributed by atoms with Gasteiger partial charge in [-0.1, -0.05) is 11.6 Å². The average molecular weight is 481 g/mol. The van der Waals surface area contributed by atoms with Gasteiger partial charge in [-0.15, -0.1) is 0 Å². The Morgan fingerprint density at radius 1 is 1.25 bits per heavy atom. The number of fused-ring (bicyclic) bond motifs is 1. The first-order valence-electron chi connectivity index (χ1n) is 10.3. The van der Waals surface area contributed by atoms with E-state index in [9.17, 15) is 17.9 Å². The Morgan fingerprint density at radius 2 is 2.03 bits per heavy atom. The monoisotopic (exact) mass is 480 g/mol. The average Bonchev–Trinajstić information content (AvgIpc) is 3.49. The van der Waals surface area contributed by atoms with E-state index in [0.717, 1.165) is 19.1 Å². The summed E-state index contributed by atoms with van der Waals surface area (Å²) in [6.07, 6.45) is 5.74. The van der Waals surface area contributed by atoms with Crippen molar-refractivity contribution in [3.63, 3.8) is 0 Å². The molecule has 1 saturated heterocycles. The molecule has 170 valence electrons. The summed E-state index contributed by atoms with van der Waals surface area (Å²) >= 11 is 6.34. The molecule has 5 rings (SSSR count). The molecule has 1 aliphatic heterocycles. The van der Waals surface area contributed by atoms with Gasteiger partial charge in [-0.3, -0.25) is 0 Å². The maximum atomic E-state index is 14.8. The van der Waals surface area contributed by atoms with E-state index in [1.54, 1.807) is 6.33 Å². The maximum absolute atomic E-state index is 14.8. The third-order valence-corrected chi connectivity index (χ3v) is 7.46. The first-order chi connectivity index (χ1) is 15.2. The van der Waals surface area contributed by atoms with Crippen molar-refractivity contribution in [3.05, 3.63) is 35.5 Å². The topological polar surface area (TPSA) is 113 Å². The minimum Gasteiger partial charge on any atom is -0.390 e. The number of aliphatic hydroxyl groups is 1. The van der Waals surface area contributed by atoms with Crippen LogP contribution in [0.2, 0.25) is 5.02 Å². The highest BCUT2D eigenvalue weighted by molar-refractivity contribution is 7.88. The summed E-state index contributed by atoms with van der Waals surface area (Å²) in [7, 11) is -3.37. The first kappa shape index (κ1) is 21.5. The molecule has 2 atom stereocenters. The van der Waals surface area contributed by atoms with E-state index in [4.69, 9.17) is 11.6 Å². The number of imidazole rings is 1. The summed E-state index contributed by atoms with van der Waals surface area (Å²) in [6.45, 7) is 0.269. The molecule has 3 aromatic rings. The highest BCUT2D eigenvalue weighted by Gasteiger charge is 2.32. The summed E-state index contributed by atoms with van der Waals surface area (Å²) in [4.78, 5) is 12.8. The second kappa shape index (κ2) is 7.91. The van der Waals surface area contributed by atoms with Crippen LogP contribution in [0.5, 0.6) is 0 Å². The number of hydrogen-bond acceptors (Lipinski definition) is 7. The van der Waals surface area contributed by atoms with E-state index < -0.39 is 28.0 Å². The quantitative estimate of drug-likeness (QED) is 0.576. The van der Waals surface area contributed by atoms with Gasteiger partial charge in [0.15, 0.2) is 5.82 Å². The number of anilines is 1. The lowest BCUT2D eigenvalue weighted by atomic mass is 10.0. The number of rotatable bonds is 5. The number of halogens is 2. The molecule has 2 N–H and O–H groups in total. The minimum atomic E-state index is -3.37. The second-order valence-electron chi connectivity index (χ2n) is 8.33. The Kier molecular flexibility index (Phi) is 5.31. The van der Waals surface area contributed by atoms with Gasteiger partial charge in [-0.05, 0) is 31.4 Å². The summed E-state index contributed by atoms with van der Waals surface area (Å²) in [6, 6.07) is 3.08. The molecule has 0 spiro atoms. The van der Waals surface area contributed by atoms with Crippen LogP contribution < -0.4 is 5.32 Å². The molecule has 1 aromatic carbocycles. The van der Waals surface area contributed by atoms with Crippen molar-refractivity contribution in [3.8, 4) is 11.3 Å².